The molecule has 1 unspecified atom stereocenters. The Bertz CT molecular complexity index is 303. The van der Waals surface area contributed by atoms with Crippen LogP contribution in [0.2, 0.25) is 0 Å². The minimum absolute atomic E-state index is 0. The first-order chi connectivity index (χ1) is 9.79. The SMILES string of the molecule is CN=C(NCC1CCCO1)N(C)CCC1CCOCC1.I. The molecule has 0 aromatic heterocycles. The average molecular weight is 411 g/mol. The molecule has 0 aromatic carbocycles. The van der Waals surface area contributed by atoms with Crippen LogP contribution in [0.15, 0.2) is 4.99 Å². The molecular formula is C15H30IN3O2. The van der Waals surface area contributed by atoms with Gasteiger partial charge in [0.15, 0.2) is 5.96 Å². The van der Waals surface area contributed by atoms with Crippen LogP contribution in [0.3, 0.4) is 0 Å². The highest BCUT2D eigenvalue weighted by Crippen LogP contribution is 2.18. The van der Waals surface area contributed by atoms with E-state index >= 15 is 0 Å². The van der Waals surface area contributed by atoms with E-state index in [9.17, 15) is 0 Å². The summed E-state index contributed by atoms with van der Waals surface area (Å²) in [5, 5.41) is 3.43. The van der Waals surface area contributed by atoms with E-state index < -0.39 is 0 Å². The highest BCUT2D eigenvalue weighted by molar-refractivity contribution is 14.0. The van der Waals surface area contributed by atoms with Gasteiger partial charge >= 0.3 is 0 Å². The van der Waals surface area contributed by atoms with Crippen LogP contribution in [0.5, 0.6) is 0 Å². The first-order valence-electron chi connectivity index (χ1n) is 7.90. The quantitative estimate of drug-likeness (QED) is 0.428. The molecule has 6 heteroatoms. The Morgan fingerprint density at radius 2 is 2.00 bits per heavy atom. The molecule has 0 amide bonds. The molecule has 0 spiro atoms. The van der Waals surface area contributed by atoms with Crippen molar-refractivity contribution in [2.75, 3.05) is 47.0 Å². The number of guanidine groups is 1. The summed E-state index contributed by atoms with van der Waals surface area (Å²) in [7, 11) is 3.97. The fourth-order valence-corrected chi connectivity index (χ4v) is 2.91. The normalized spacial score (nSPS) is 23.7. The zero-order valence-electron chi connectivity index (χ0n) is 13.3. The molecule has 21 heavy (non-hydrogen) atoms. The molecule has 0 aliphatic carbocycles. The number of halogens is 1. The third-order valence-corrected chi connectivity index (χ3v) is 4.30. The lowest BCUT2D eigenvalue weighted by Gasteiger charge is -2.27. The summed E-state index contributed by atoms with van der Waals surface area (Å²) in [6, 6.07) is 0. The molecule has 0 saturated carbocycles. The maximum absolute atomic E-state index is 5.63. The lowest BCUT2D eigenvalue weighted by Crippen LogP contribution is -2.43. The molecule has 124 valence electrons. The van der Waals surface area contributed by atoms with Gasteiger partial charge in [-0.3, -0.25) is 4.99 Å². The second-order valence-corrected chi connectivity index (χ2v) is 5.83. The van der Waals surface area contributed by atoms with Crippen LogP contribution in [0.4, 0.5) is 0 Å². The zero-order valence-corrected chi connectivity index (χ0v) is 15.7. The molecule has 2 aliphatic rings. The van der Waals surface area contributed by atoms with Crippen molar-refractivity contribution in [3.05, 3.63) is 0 Å². The van der Waals surface area contributed by atoms with Crippen molar-refractivity contribution in [2.45, 2.75) is 38.2 Å². The summed E-state index contributed by atoms with van der Waals surface area (Å²) < 4.78 is 11.0. The Hall–Kier alpha value is -0.0800. The van der Waals surface area contributed by atoms with Crippen molar-refractivity contribution in [1.82, 2.24) is 10.2 Å². The molecule has 1 N–H and O–H groups in total. The number of ether oxygens (including phenoxy) is 2. The second kappa shape index (κ2) is 10.6. The molecule has 2 aliphatic heterocycles. The average Bonchev–Trinajstić information content (AvgIpc) is 3.00. The Morgan fingerprint density at radius 3 is 2.62 bits per heavy atom. The van der Waals surface area contributed by atoms with Gasteiger partial charge in [0.1, 0.15) is 0 Å². The maximum Gasteiger partial charge on any atom is 0.193 e. The van der Waals surface area contributed by atoms with E-state index in [0.29, 0.717) is 6.10 Å². The van der Waals surface area contributed by atoms with Crippen LogP contribution in [0.25, 0.3) is 0 Å². The molecule has 5 nitrogen and oxygen atoms in total. The number of nitrogens with one attached hydrogen (secondary N) is 1. The van der Waals surface area contributed by atoms with Crippen molar-refractivity contribution in [1.29, 1.82) is 0 Å². The van der Waals surface area contributed by atoms with Gasteiger partial charge in [0.25, 0.3) is 0 Å². The Labute approximate surface area is 145 Å². The summed E-state index contributed by atoms with van der Waals surface area (Å²) in [6.07, 6.45) is 6.34. The van der Waals surface area contributed by atoms with Gasteiger partial charge in [-0.15, -0.1) is 24.0 Å². The topological polar surface area (TPSA) is 46.1 Å². The molecule has 2 rings (SSSR count). The van der Waals surface area contributed by atoms with Gasteiger partial charge < -0.3 is 19.7 Å². The molecule has 2 saturated heterocycles. The second-order valence-electron chi connectivity index (χ2n) is 5.83. The highest BCUT2D eigenvalue weighted by Gasteiger charge is 2.18. The Balaban J connectivity index is 0.00000220. The standard InChI is InChI=1S/C15H29N3O2.HI/c1-16-15(17-12-14-4-3-9-20-14)18(2)8-5-13-6-10-19-11-7-13;/h13-14H,3-12H2,1-2H3,(H,16,17);1H. The number of hydrogen-bond donors (Lipinski definition) is 1. The number of nitrogens with zero attached hydrogens (tertiary/aromatic N) is 2. The molecular weight excluding hydrogens is 381 g/mol. The van der Waals surface area contributed by atoms with Crippen molar-refractivity contribution in [3.63, 3.8) is 0 Å². The molecule has 0 bridgehead atoms. The van der Waals surface area contributed by atoms with Gasteiger partial charge in [0.05, 0.1) is 6.10 Å². The number of rotatable bonds is 5. The van der Waals surface area contributed by atoms with Crippen LogP contribution in [-0.4, -0.2) is 64.0 Å². The number of hydrogen-bond acceptors (Lipinski definition) is 3. The van der Waals surface area contributed by atoms with Gasteiger partial charge in [-0.25, -0.2) is 0 Å². The van der Waals surface area contributed by atoms with Crippen LogP contribution in [-0.2, 0) is 9.47 Å². The molecule has 1 atom stereocenters. The minimum Gasteiger partial charge on any atom is -0.381 e. The van der Waals surface area contributed by atoms with Gasteiger partial charge in [-0.05, 0) is 38.0 Å². The van der Waals surface area contributed by atoms with Crippen molar-refractivity contribution >= 4 is 29.9 Å². The van der Waals surface area contributed by atoms with Crippen LogP contribution < -0.4 is 5.32 Å². The zero-order chi connectivity index (χ0) is 14.2. The maximum atomic E-state index is 5.63. The van der Waals surface area contributed by atoms with Gasteiger partial charge in [-0.2, -0.15) is 0 Å². The van der Waals surface area contributed by atoms with Crippen molar-refractivity contribution in [2.24, 2.45) is 10.9 Å². The highest BCUT2D eigenvalue weighted by atomic mass is 127. The van der Waals surface area contributed by atoms with E-state index in [1.54, 1.807) is 0 Å². The third-order valence-electron chi connectivity index (χ3n) is 4.30. The van der Waals surface area contributed by atoms with Crippen molar-refractivity contribution in [3.8, 4) is 0 Å². The van der Waals surface area contributed by atoms with E-state index in [1.807, 2.05) is 7.05 Å². The smallest absolute Gasteiger partial charge is 0.193 e. The van der Waals surface area contributed by atoms with E-state index in [1.165, 1.54) is 25.7 Å². The molecule has 2 heterocycles. The summed E-state index contributed by atoms with van der Waals surface area (Å²) >= 11 is 0. The van der Waals surface area contributed by atoms with E-state index in [-0.39, 0.29) is 24.0 Å². The Morgan fingerprint density at radius 1 is 1.24 bits per heavy atom. The van der Waals surface area contributed by atoms with Gasteiger partial charge in [0.2, 0.25) is 0 Å². The summed E-state index contributed by atoms with van der Waals surface area (Å²) in [4.78, 5) is 6.59. The predicted octanol–water partition coefficient (Wildman–Crippen LogP) is 2.11. The largest absolute Gasteiger partial charge is 0.381 e. The summed E-state index contributed by atoms with van der Waals surface area (Å²) in [5.74, 6) is 1.79. The lowest BCUT2D eigenvalue weighted by atomic mass is 9.96. The van der Waals surface area contributed by atoms with E-state index in [4.69, 9.17) is 9.47 Å². The first kappa shape index (κ1) is 19.0. The third kappa shape index (κ3) is 6.69. The van der Waals surface area contributed by atoms with Gasteiger partial charge in [-0.1, -0.05) is 0 Å². The molecule has 0 aromatic rings. The van der Waals surface area contributed by atoms with Gasteiger partial charge in [0, 0.05) is 47.0 Å². The molecule has 2 fully saturated rings. The summed E-state index contributed by atoms with van der Waals surface area (Å²) in [6.45, 7) is 4.69. The fourth-order valence-electron chi connectivity index (χ4n) is 2.91. The fraction of sp³-hybridized carbons (Fsp3) is 0.933. The predicted molar refractivity (Wildman–Crippen MR) is 96.5 cm³/mol. The van der Waals surface area contributed by atoms with E-state index in [0.717, 1.165) is 51.2 Å². The summed E-state index contributed by atoms with van der Waals surface area (Å²) in [5.41, 5.74) is 0. The monoisotopic (exact) mass is 411 g/mol. The minimum atomic E-state index is 0. The van der Waals surface area contributed by atoms with Crippen LogP contribution in [0.1, 0.15) is 32.1 Å². The first-order valence-corrected chi connectivity index (χ1v) is 7.90. The number of aliphatic imine (C=N–C) groups is 1. The van der Waals surface area contributed by atoms with Crippen LogP contribution in [0, 0.1) is 5.92 Å². The lowest BCUT2D eigenvalue weighted by molar-refractivity contribution is 0.0625. The Kier molecular flexibility index (Phi) is 9.59. The molecule has 0 radical (unpaired) electrons. The van der Waals surface area contributed by atoms with E-state index in [2.05, 4.69) is 22.3 Å². The van der Waals surface area contributed by atoms with Crippen LogP contribution >= 0.6 is 24.0 Å². The van der Waals surface area contributed by atoms with Crippen molar-refractivity contribution < 1.29 is 9.47 Å².